The van der Waals surface area contributed by atoms with Crippen LogP contribution < -0.4 is 14.2 Å². The first-order valence-corrected chi connectivity index (χ1v) is 11.8. The summed E-state index contributed by atoms with van der Waals surface area (Å²) < 4.78 is 19.1. The second-order valence-corrected chi connectivity index (χ2v) is 8.45. The van der Waals surface area contributed by atoms with Crippen LogP contribution in [-0.4, -0.2) is 41.2 Å². The average molecular weight is 487 g/mol. The van der Waals surface area contributed by atoms with Crippen molar-refractivity contribution in [1.29, 1.82) is 0 Å². The molecule has 7 heteroatoms. The van der Waals surface area contributed by atoms with Crippen LogP contribution in [0.2, 0.25) is 0 Å². The van der Waals surface area contributed by atoms with E-state index in [9.17, 15) is 9.90 Å². The maximum absolute atomic E-state index is 11.2. The van der Waals surface area contributed by atoms with Crippen LogP contribution in [0.1, 0.15) is 23.6 Å². The van der Waals surface area contributed by atoms with Gasteiger partial charge in [-0.15, -0.1) is 0 Å². The Balaban J connectivity index is 1.90. The van der Waals surface area contributed by atoms with Gasteiger partial charge in [-0.1, -0.05) is 36.4 Å². The van der Waals surface area contributed by atoms with Crippen molar-refractivity contribution in [2.45, 2.75) is 27.3 Å². The van der Waals surface area contributed by atoms with E-state index in [4.69, 9.17) is 19.3 Å². The van der Waals surface area contributed by atoms with E-state index in [1.54, 1.807) is 7.11 Å². The highest BCUT2D eigenvalue weighted by molar-refractivity contribution is 5.77. The van der Waals surface area contributed by atoms with Crippen molar-refractivity contribution in [3.8, 4) is 39.8 Å². The number of rotatable bonds is 10. The maximum atomic E-state index is 11.2. The summed E-state index contributed by atoms with van der Waals surface area (Å²) in [7, 11) is 1.65. The molecule has 0 unspecified atom stereocenters. The van der Waals surface area contributed by atoms with E-state index >= 15 is 0 Å². The summed E-state index contributed by atoms with van der Waals surface area (Å²) in [5.74, 6) is 1.01. The Morgan fingerprint density at radius 3 is 2.39 bits per heavy atom. The number of hydrogen-bond donors (Lipinski definition) is 1. The number of nitrogens with zero attached hydrogens (tertiary/aromatic N) is 2. The fourth-order valence-corrected chi connectivity index (χ4v) is 4.31. The molecular formula is C29H30N2O5. The molecule has 0 bridgehead atoms. The third-order valence-corrected chi connectivity index (χ3v) is 5.79. The molecule has 0 fully saturated rings. The predicted molar refractivity (Wildman–Crippen MR) is 139 cm³/mol. The summed E-state index contributed by atoms with van der Waals surface area (Å²) in [4.78, 5) is 11.2. The highest BCUT2D eigenvalue weighted by Crippen LogP contribution is 2.38. The van der Waals surface area contributed by atoms with Crippen LogP contribution in [-0.2, 0) is 11.3 Å². The van der Waals surface area contributed by atoms with Crippen LogP contribution >= 0.6 is 0 Å². The molecule has 4 rings (SSSR count). The molecular weight excluding hydrogens is 456 g/mol. The number of carboxylic acids is 1. The molecule has 7 nitrogen and oxygen atoms in total. The lowest BCUT2D eigenvalue weighted by Crippen LogP contribution is -2.11. The number of hydrogen-bond acceptors (Lipinski definition) is 5. The first kappa shape index (κ1) is 24.9. The van der Waals surface area contributed by atoms with E-state index < -0.39 is 12.6 Å². The number of aryl methyl sites for hydroxylation is 2. The van der Waals surface area contributed by atoms with E-state index in [-0.39, 0.29) is 0 Å². The van der Waals surface area contributed by atoms with Crippen molar-refractivity contribution in [2.75, 3.05) is 20.3 Å². The zero-order valence-corrected chi connectivity index (χ0v) is 20.9. The first-order chi connectivity index (χ1) is 17.4. The van der Waals surface area contributed by atoms with Gasteiger partial charge in [0.05, 0.1) is 31.6 Å². The molecule has 0 amide bonds. The molecule has 1 aromatic heterocycles. The molecule has 0 saturated heterocycles. The largest absolute Gasteiger partial charge is 0.496 e. The Labute approximate surface area is 210 Å². The van der Waals surface area contributed by atoms with Crippen molar-refractivity contribution >= 4 is 5.97 Å². The molecule has 1 heterocycles. The van der Waals surface area contributed by atoms with Gasteiger partial charge in [0.2, 0.25) is 0 Å². The monoisotopic (exact) mass is 486 g/mol. The minimum atomic E-state index is -1.03. The Bertz CT molecular complexity index is 1380. The van der Waals surface area contributed by atoms with E-state index in [2.05, 4.69) is 0 Å². The van der Waals surface area contributed by atoms with Gasteiger partial charge >= 0.3 is 5.97 Å². The van der Waals surface area contributed by atoms with Gasteiger partial charge in [-0.3, -0.25) is 4.68 Å². The summed E-state index contributed by atoms with van der Waals surface area (Å²) in [6, 6.07) is 21.6. The van der Waals surface area contributed by atoms with Gasteiger partial charge in [0.1, 0.15) is 17.2 Å². The van der Waals surface area contributed by atoms with Crippen LogP contribution in [0.5, 0.6) is 17.2 Å². The number of aliphatic carboxylic acids is 1. The fourth-order valence-electron chi connectivity index (χ4n) is 4.31. The van der Waals surface area contributed by atoms with Gasteiger partial charge in [-0.05, 0) is 62.2 Å². The zero-order chi connectivity index (χ0) is 25.7. The second kappa shape index (κ2) is 11.0. The number of carbonyl (C=O) groups is 1. The maximum Gasteiger partial charge on any atom is 0.341 e. The number of carboxylic acid groups (broad SMARTS) is 1. The Morgan fingerprint density at radius 2 is 1.67 bits per heavy atom. The van der Waals surface area contributed by atoms with Gasteiger partial charge in [0, 0.05) is 16.7 Å². The third-order valence-electron chi connectivity index (χ3n) is 5.79. The molecule has 36 heavy (non-hydrogen) atoms. The average Bonchev–Trinajstić information content (AvgIpc) is 3.27. The first-order valence-electron chi connectivity index (χ1n) is 11.8. The van der Waals surface area contributed by atoms with Gasteiger partial charge in [0.15, 0.2) is 6.61 Å². The fraction of sp³-hybridized carbons (Fsp3) is 0.241. The number of ether oxygens (including phenoxy) is 3. The minimum absolute atomic E-state index is 0.432. The summed E-state index contributed by atoms with van der Waals surface area (Å²) in [6.45, 7) is 6.43. The van der Waals surface area contributed by atoms with Crippen LogP contribution in [0.15, 0.2) is 66.7 Å². The Hall–Kier alpha value is -4.26. The smallest absolute Gasteiger partial charge is 0.341 e. The quantitative estimate of drug-likeness (QED) is 0.307. The van der Waals surface area contributed by atoms with Gasteiger partial charge in [0.25, 0.3) is 0 Å². The molecule has 0 atom stereocenters. The SMILES string of the molecule is CCOc1ccccc1-c1cc(-c2cc(C)cc(C)c2OCC(=O)O)nn1Cc1ccccc1OC. The van der Waals surface area contributed by atoms with Crippen LogP contribution in [0.25, 0.3) is 22.5 Å². The van der Waals surface area contributed by atoms with Crippen molar-refractivity contribution < 1.29 is 24.1 Å². The lowest BCUT2D eigenvalue weighted by atomic mass is 10.0. The van der Waals surface area contributed by atoms with E-state index in [1.165, 1.54) is 0 Å². The molecule has 4 aromatic rings. The van der Waals surface area contributed by atoms with Crippen molar-refractivity contribution in [1.82, 2.24) is 9.78 Å². The van der Waals surface area contributed by atoms with E-state index in [0.29, 0.717) is 24.6 Å². The second-order valence-electron chi connectivity index (χ2n) is 8.45. The molecule has 0 radical (unpaired) electrons. The molecule has 0 spiro atoms. The number of methoxy groups -OCH3 is 1. The van der Waals surface area contributed by atoms with Gasteiger partial charge < -0.3 is 19.3 Å². The molecule has 0 aliphatic carbocycles. The molecule has 3 aromatic carbocycles. The number of benzene rings is 3. The minimum Gasteiger partial charge on any atom is -0.496 e. The van der Waals surface area contributed by atoms with Gasteiger partial charge in [-0.25, -0.2) is 4.79 Å². The van der Waals surface area contributed by atoms with Crippen LogP contribution in [0.3, 0.4) is 0 Å². The number of para-hydroxylation sites is 2. The van der Waals surface area contributed by atoms with E-state index in [0.717, 1.165) is 45.0 Å². The Kier molecular flexibility index (Phi) is 7.59. The lowest BCUT2D eigenvalue weighted by molar-refractivity contribution is -0.139. The number of aromatic nitrogens is 2. The standard InChI is InChI=1S/C29H30N2O5/c1-5-35-27-13-9-7-11-22(27)25-16-24(30-31(25)17-21-10-6-8-12-26(21)34-4)23-15-19(2)14-20(3)29(23)36-18-28(32)33/h6-16H,5,17-18H2,1-4H3,(H,32,33). The predicted octanol–water partition coefficient (Wildman–Crippen LogP) is 5.75. The van der Waals surface area contributed by atoms with Crippen LogP contribution in [0.4, 0.5) is 0 Å². The molecule has 0 aliphatic rings. The van der Waals surface area contributed by atoms with Crippen LogP contribution in [0, 0.1) is 13.8 Å². The summed E-state index contributed by atoms with van der Waals surface area (Å²) in [5.41, 5.74) is 6.05. The van der Waals surface area contributed by atoms with Crippen molar-refractivity contribution in [3.05, 3.63) is 83.4 Å². The highest BCUT2D eigenvalue weighted by Gasteiger charge is 2.20. The van der Waals surface area contributed by atoms with Crippen molar-refractivity contribution in [2.24, 2.45) is 0 Å². The molecule has 186 valence electrons. The van der Waals surface area contributed by atoms with Crippen molar-refractivity contribution in [3.63, 3.8) is 0 Å². The summed E-state index contributed by atoms with van der Waals surface area (Å²) in [5, 5.41) is 14.2. The summed E-state index contributed by atoms with van der Waals surface area (Å²) in [6.07, 6.45) is 0. The molecule has 0 saturated carbocycles. The Morgan fingerprint density at radius 1 is 0.944 bits per heavy atom. The molecule has 0 aliphatic heterocycles. The van der Waals surface area contributed by atoms with Gasteiger partial charge in [-0.2, -0.15) is 5.10 Å². The molecule has 1 N–H and O–H groups in total. The van der Waals surface area contributed by atoms with E-state index in [1.807, 2.05) is 92.2 Å². The highest BCUT2D eigenvalue weighted by atomic mass is 16.5. The topological polar surface area (TPSA) is 82.8 Å². The third kappa shape index (κ3) is 5.35. The zero-order valence-electron chi connectivity index (χ0n) is 20.9. The lowest BCUT2D eigenvalue weighted by Gasteiger charge is -2.14. The normalized spacial score (nSPS) is 10.8. The summed E-state index contributed by atoms with van der Waals surface area (Å²) >= 11 is 0.